The number of ether oxygens (including phenoxy) is 4. The van der Waals surface area contributed by atoms with E-state index in [1.54, 1.807) is 6.07 Å². The average molecular weight is 970 g/mol. The molecular formula is C40H42Br4O8. The van der Waals surface area contributed by atoms with Crippen molar-refractivity contribution in [2.24, 2.45) is 5.92 Å². The summed E-state index contributed by atoms with van der Waals surface area (Å²) in [7, 11) is 0. The van der Waals surface area contributed by atoms with Crippen LogP contribution in [0.3, 0.4) is 0 Å². The number of hydrogen-bond acceptors (Lipinski definition) is 8. The van der Waals surface area contributed by atoms with E-state index in [1.165, 1.54) is 0 Å². The van der Waals surface area contributed by atoms with Crippen LogP contribution in [0.25, 0.3) is 37.9 Å². The molecule has 0 radical (unpaired) electrons. The second-order valence-corrected chi connectivity index (χ2v) is 16.7. The summed E-state index contributed by atoms with van der Waals surface area (Å²) in [6, 6.07) is 9.39. The summed E-state index contributed by atoms with van der Waals surface area (Å²) < 4.78 is 23.4. The highest BCUT2D eigenvalue weighted by molar-refractivity contribution is 9.11. The second-order valence-electron chi connectivity index (χ2n) is 12.9. The van der Waals surface area contributed by atoms with Crippen LogP contribution in [0.5, 0.6) is 0 Å². The molecule has 0 aromatic heterocycles. The van der Waals surface area contributed by atoms with Gasteiger partial charge in [0.2, 0.25) is 0 Å². The molecule has 1 aliphatic carbocycles. The average Bonchev–Trinajstić information content (AvgIpc) is 3.12. The molecular weight excluding hydrogens is 928 g/mol. The van der Waals surface area contributed by atoms with Crippen LogP contribution in [0, 0.1) is 5.92 Å². The number of esters is 4. The van der Waals surface area contributed by atoms with Crippen LogP contribution in [0.4, 0.5) is 0 Å². The first-order chi connectivity index (χ1) is 25.0. The predicted octanol–water partition coefficient (Wildman–Crippen LogP) is 10.5. The summed E-state index contributed by atoms with van der Waals surface area (Å²) in [6.45, 7) is 8.28. The van der Waals surface area contributed by atoms with E-state index < -0.39 is 34.1 Å². The van der Waals surface area contributed by atoms with E-state index in [1.807, 2.05) is 52.0 Å². The van der Waals surface area contributed by atoms with Gasteiger partial charge in [-0.2, -0.15) is 0 Å². The maximum Gasteiger partial charge on any atom is 0.338 e. The Morgan fingerprint density at radius 1 is 0.615 bits per heavy atom. The lowest BCUT2D eigenvalue weighted by molar-refractivity contribution is -0.157. The lowest BCUT2D eigenvalue weighted by Gasteiger charge is -2.39. The van der Waals surface area contributed by atoms with Crippen molar-refractivity contribution >= 4 is 125 Å². The largest absolute Gasteiger partial charge is 0.465 e. The van der Waals surface area contributed by atoms with Gasteiger partial charge in [-0.3, -0.25) is 9.59 Å². The zero-order valence-electron chi connectivity index (χ0n) is 29.7. The normalized spacial score (nSPS) is 16.8. The third kappa shape index (κ3) is 7.43. The number of alkyl halides is 1. The first-order valence-corrected chi connectivity index (χ1v) is 21.1. The summed E-state index contributed by atoms with van der Waals surface area (Å²) in [4.78, 5) is 58.4. The molecule has 0 fully saturated rings. The van der Waals surface area contributed by atoms with Crippen molar-refractivity contribution in [2.75, 3.05) is 26.4 Å². The first-order valence-electron chi connectivity index (χ1n) is 17.9. The van der Waals surface area contributed by atoms with Crippen molar-refractivity contribution < 1.29 is 38.1 Å². The molecule has 0 saturated heterocycles. The van der Waals surface area contributed by atoms with Gasteiger partial charge in [-0.25, -0.2) is 9.59 Å². The molecule has 4 aromatic rings. The van der Waals surface area contributed by atoms with Crippen LogP contribution in [-0.4, -0.2) is 50.3 Å². The van der Waals surface area contributed by atoms with E-state index in [9.17, 15) is 19.2 Å². The van der Waals surface area contributed by atoms with E-state index in [2.05, 4.69) is 63.7 Å². The van der Waals surface area contributed by atoms with Crippen LogP contribution in [0.15, 0.2) is 43.7 Å². The van der Waals surface area contributed by atoms with Crippen LogP contribution >= 0.6 is 63.7 Å². The minimum Gasteiger partial charge on any atom is -0.465 e. The molecule has 0 heterocycles. The van der Waals surface area contributed by atoms with Gasteiger partial charge in [-0.05, 0) is 65.6 Å². The molecule has 0 saturated carbocycles. The van der Waals surface area contributed by atoms with E-state index >= 15 is 0 Å². The number of carbonyl (C=O) groups is 4. The molecule has 52 heavy (non-hydrogen) atoms. The van der Waals surface area contributed by atoms with Gasteiger partial charge in [0.15, 0.2) is 4.32 Å². The number of unbranched alkanes of at least 4 members (excludes halogenated alkanes) is 4. The zero-order chi connectivity index (χ0) is 37.7. The summed E-state index contributed by atoms with van der Waals surface area (Å²) in [5.41, 5.74) is 0.255. The molecule has 2 atom stereocenters. The van der Waals surface area contributed by atoms with Crippen molar-refractivity contribution in [2.45, 2.75) is 83.4 Å². The third-order valence-corrected chi connectivity index (χ3v) is 12.5. The highest BCUT2D eigenvalue weighted by Gasteiger charge is 2.59. The van der Waals surface area contributed by atoms with E-state index in [-0.39, 0.29) is 42.8 Å². The Morgan fingerprint density at radius 2 is 1.12 bits per heavy atom. The summed E-state index contributed by atoms with van der Waals surface area (Å²) in [6.07, 6.45) is 5.42. The molecule has 12 heteroatoms. The highest BCUT2D eigenvalue weighted by atomic mass is 79.9. The Balaban J connectivity index is 2.10. The fourth-order valence-electron chi connectivity index (χ4n) is 6.73. The third-order valence-electron chi connectivity index (χ3n) is 9.34. The number of fused-ring (bicyclic) bond motifs is 2. The van der Waals surface area contributed by atoms with Crippen LogP contribution in [0.1, 0.15) is 95.0 Å². The van der Waals surface area contributed by atoms with E-state index in [4.69, 9.17) is 18.9 Å². The minimum atomic E-state index is -1.99. The van der Waals surface area contributed by atoms with Gasteiger partial charge in [0.1, 0.15) is 5.92 Å². The molecule has 2 unspecified atom stereocenters. The summed E-state index contributed by atoms with van der Waals surface area (Å²) >= 11 is 15.2. The fourth-order valence-corrected chi connectivity index (χ4v) is 9.34. The highest BCUT2D eigenvalue weighted by Crippen LogP contribution is 2.56. The standard InChI is InChI=1S/C40H42Br4O8/c1-5-9-17-49-36(45)23-21-26(43)30-29-24(41)15-13-22-14-16-25(42)31(27(22)29)34-32(30)28(23)33(37(46)50-18-10-6-2)35(38(47)51-19-11-7-3)40(34,44)39(48)52-20-12-8-4/h13-16,21,35H,5-12,17-20H2,1-4H3. The lowest BCUT2D eigenvalue weighted by atomic mass is 9.70. The van der Waals surface area contributed by atoms with Crippen LogP contribution in [0.2, 0.25) is 0 Å². The smallest absolute Gasteiger partial charge is 0.338 e. The Labute approximate surface area is 337 Å². The van der Waals surface area contributed by atoms with Crippen LogP contribution in [-0.2, 0) is 37.7 Å². The predicted molar refractivity (Wildman–Crippen MR) is 218 cm³/mol. The first kappa shape index (κ1) is 40.6. The van der Waals surface area contributed by atoms with Gasteiger partial charge >= 0.3 is 23.9 Å². The van der Waals surface area contributed by atoms with Gasteiger partial charge in [-0.15, -0.1) is 0 Å². The molecule has 1 aliphatic rings. The number of rotatable bonds is 16. The maximum atomic E-state index is 14.9. The maximum absolute atomic E-state index is 14.9. The van der Waals surface area contributed by atoms with Gasteiger partial charge in [0, 0.05) is 34.8 Å². The van der Waals surface area contributed by atoms with Crippen molar-refractivity contribution in [1.82, 2.24) is 0 Å². The Kier molecular flexibility index (Phi) is 13.9. The number of hydrogen-bond donors (Lipinski definition) is 0. The fraction of sp³-hybridized carbons (Fsp3) is 0.450. The van der Waals surface area contributed by atoms with Gasteiger partial charge in [0.25, 0.3) is 0 Å². The van der Waals surface area contributed by atoms with E-state index in [0.717, 1.165) is 46.3 Å². The summed E-state index contributed by atoms with van der Waals surface area (Å²) in [5.74, 6) is -4.71. The van der Waals surface area contributed by atoms with Crippen LogP contribution < -0.4 is 5.22 Å². The molecule has 0 aliphatic heterocycles. The number of halogens is 4. The zero-order valence-corrected chi connectivity index (χ0v) is 36.1. The molecule has 5 rings (SSSR count). The van der Waals surface area contributed by atoms with Crippen molar-refractivity contribution in [3.8, 4) is 0 Å². The SMILES string of the molecule is CCCCOC(=O)C1=c2c(C(=O)OCCCC)cc(Br)c3c2c(c2c(Br)ccc4ccc(Br)c3c42)C(Br)(C(=O)OCCCC)C1C(=O)OCCCC. The van der Waals surface area contributed by atoms with Gasteiger partial charge in [0.05, 0.1) is 37.6 Å². The molecule has 0 N–H and O–H groups in total. The minimum absolute atomic E-state index is 0.0562. The molecule has 4 aromatic carbocycles. The van der Waals surface area contributed by atoms with Crippen molar-refractivity contribution in [3.05, 3.63) is 60.1 Å². The molecule has 0 bridgehead atoms. The number of carbonyl (C=O) groups excluding carboxylic acids is 4. The second kappa shape index (κ2) is 17.7. The molecule has 8 nitrogen and oxygen atoms in total. The Hall–Kier alpha value is -2.54. The van der Waals surface area contributed by atoms with Crippen molar-refractivity contribution in [3.63, 3.8) is 0 Å². The quantitative estimate of drug-likeness (QED) is 0.0273. The Bertz CT molecular complexity index is 2090. The van der Waals surface area contributed by atoms with Gasteiger partial charge < -0.3 is 18.9 Å². The Morgan fingerprint density at radius 3 is 1.69 bits per heavy atom. The lowest BCUT2D eigenvalue weighted by Crippen LogP contribution is -2.51. The number of benzene rings is 4. The molecule has 0 spiro atoms. The molecule has 278 valence electrons. The van der Waals surface area contributed by atoms with Gasteiger partial charge in [-0.1, -0.05) is 129 Å². The summed E-state index contributed by atoms with van der Waals surface area (Å²) in [5, 5.41) is 4.26. The molecule has 0 amide bonds. The monoisotopic (exact) mass is 966 g/mol. The van der Waals surface area contributed by atoms with Crippen molar-refractivity contribution in [1.29, 1.82) is 0 Å². The topological polar surface area (TPSA) is 105 Å². The van der Waals surface area contributed by atoms with E-state index in [0.29, 0.717) is 56.4 Å².